The fraction of sp³-hybridized carbons (Fsp3) is 0.409. The fourth-order valence-corrected chi connectivity index (χ4v) is 4.28. The first kappa shape index (κ1) is 19.8. The Hall–Kier alpha value is -3.17. The lowest BCUT2D eigenvalue weighted by molar-refractivity contribution is 0.0205. The average Bonchev–Trinajstić information content (AvgIpc) is 3.34. The van der Waals surface area contributed by atoms with Gasteiger partial charge in [0.25, 0.3) is 5.91 Å². The minimum Gasteiger partial charge on any atom is -0.484 e. The standard InChI is InChI=1S/C22H25N5O4/c1-22(14-29-2)12-15-10-17(18(11-19(15)31-22)26-6-8-30-9-7-26)25-21(28)16-13-24-27-5-3-4-23-20(16)27/h3-5,10-11,13H,6-9,12,14H2,1-2H3,(H,25,28). The Labute approximate surface area is 179 Å². The number of rotatable bonds is 5. The van der Waals surface area contributed by atoms with Crippen LogP contribution in [0, 0.1) is 0 Å². The van der Waals surface area contributed by atoms with Crippen molar-refractivity contribution in [2.45, 2.75) is 18.9 Å². The summed E-state index contributed by atoms with van der Waals surface area (Å²) in [5.41, 5.74) is 3.23. The van der Waals surface area contributed by atoms with Crippen LogP contribution in [0.15, 0.2) is 36.8 Å². The summed E-state index contributed by atoms with van der Waals surface area (Å²) in [5, 5.41) is 7.31. The molecule has 0 radical (unpaired) electrons. The topological polar surface area (TPSA) is 90.2 Å². The van der Waals surface area contributed by atoms with Crippen LogP contribution in [0.25, 0.3) is 5.65 Å². The summed E-state index contributed by atoms with van der Waals surface area (Å²) in [7, 11) is 1.67. The van der Waals surface area contributed by atoms with Crippen molar-refractivity contribution in [2.75, 3.05) is 50.2 Å². The molecule has 0 spiro atoms. The summed E-state index contributed by atoms with van der Waals surface area (Å²) in [6, 6.07) is 5.80. The highest BCUT2D eigenvalue weighted by atomic mass is 16.5. The smallest absolute Gasteiger partial charge is 0.261 e. The van der Waals surface area contributed by atoms with Crippen LogP contribution in [0.5, 0.6) is 5.75 Å². The molecule has 2 aromatic heterocycles. The number of nitrogens with one attached hydrogen (secondary N) is 1. The second-order valence-corrected chi connectivity index (χ2v) is 8.14. The van der Waals surface area contributed by atoms with Gasteiger partial charge in [0.05, 0.1) is 37.4 Å². The van der Waals surface area contributed by atoms with Crippen molar-refractivity contribution in [3.05, 3.63) is 47.9 Å². The normalized spacial score (nSPS) is 20.5. The summed E-state index contributed by atoms with van der Waals surface area (Å²) in [6.07, 6.45) is 5.66. The third kappa shape index (κ3) is 3.70. The molecule has 31 heavy (non-hydrogen) atoms. The molecule has 0 aliphatic carbocycles. The first-order valence-corrected chi connectivity index (χ1v) is 10.3. The summed E-state index contributed by atoms with van der Waals surface area (Å²) >= 11 is 0. The van der Waals surface area contributed by atoms with Crippen LogP contribution < -0.4 is 15.0 Å². The maximum atomic E-state index is 13.2. The Balaban J connectivity index is 1.50. The number of fused-ring (bicyclic) bond motifs is 2. The van der Waals surface area contributed by atoms with E-state index >= 15 is 0 Å². The molecule has 4 heterocycles. The Morgan fingerprint density at radius 2 is 2.16 bits per heavy atom. The molecule has 1 atom stereocenters. The van der Waals surface area contributed by atoms with Gasteiger partial charge in [0.2, 0.25) is 0 Å². The van der Waals surface area contributed by atoms with E-state index < -0.39 is 5.60 Å². The maximum Gasteiger partial charge on any atom is 0.261 e. The summed E-state index contributed by atoms with van der Waals surface area (Å²) in [5.74, 6) is 0.582. The van der Waals surface area contributed by atoms with E-state index in [0.29, 0.717) is 37.5 Å². The van der Waals surface area contributed by atoms with Crippen LogP contribution in [-0.2, 0) is 15.9 Å². The van der Waals surface area contributed by atoms with E-state index in [9.17, 15) is 4.79 Å². The lowest BCUT2D eigenvalue weighted by atomic mass is 9.99. The number of nitrogens with zero attached hydrogens (tertiary/aromatic N) is 4. The van der Waals surface area contributed by atoms with Crippen molar-refractivity contribution in [1.29, 1.82) is 0 Å². The second-order valence-electron chi connectivity index (χ2n) is 8.14. The molecule has 2 aliphatic rings. The minimum atomic E-state index is -0.422. The van der Waals surface area contributed by atoms with Crippen molar-refractivity contribution in [3.63, 3.8) is 0 Å². The number of carbonyl (C=O) groups excluding carboxylic acids is 1. The number of aromatic nitrogens is 3. The van der Waals surface area contributed by atoms with E-state index in [2.05, 4.69) is 20.3 Å². The number of ether oxygens (including phenoxy) is 3. The maximum absolute atomic E-state index is 13.2. The SMILES string of the molecule is COCC1(C)Cc2cc(NC(=O)c3cnn4cccnc34)c(N3CCOCC3)cc2O1. The molecule has 3 aromatic rings. The lowest BCUT2D eigenvalue weighted by Crippen LogP contribution is -2.37. The molecular weight excluding hydrogens is 398 g/mol. The van der Waals surface area contributed by atoms with Gasteiger partial charge >= 0.3 is 0 Å². The number of morpholine rings is 1. The van der Waals surface area contributed by atoms with Gasteiger partial charge in [-0.1, -0.05) is 0 Å². The van der Waals surface area contributed by atoms with Crippen LogP contribution in [-0.4, -0.2) is 66.1 Å². The highest BCUT2D eigenvalue weighted by Crippen LogP contribution is 2.42. The zero-order valence-corrected chi connectivity index (χ0v) is 17.6. The zero-order valence-electron chi connectivity index (χ0n) is 17.6. The van der Waals surface area contributed by atoms with Crippen LogP contribution >= 0.6 is 0 Å². The van der Waals surface area contributed by atoms with Crippen LogP contribution in [0.4, 0.5) is 11.4 Å². The van der Waals surface area contributed by atoms with Gasteiger partial charge in [0.1, 0.15) is 16.9 Å². The Kier molecular flexibility index (Phi) is 4.99. The molecule has 1 N–H and O–H groups in total. The number of anilines is 2. The zero-order chi connectivity index (χ0) is 21.4. The van der Waals surface area contributed by atoms with Crippen LogP contribution in [0.1, 0.15) is 22.8 Å². The molecule has 0 saturated carbocycles. The van der Waals surface area contributed by atoms with Gasteiger partial charge in [0.15, 0.2) is 5.65 Å². The molecule has 1 fully saturated rings. The Morgan fingerprint density at radius 3 is 2.97 bits per heavy atom. The number of amides is 1. The first-order valence-electron chi connectivity index (χ1n) is 10.3. The average molecular weight is 423 g/mol. The van der Waals surface area contributed by atoms with Crippen LogP contribution in [0.2, 0.25) is 0 Å². The number of hydrogen-bond acceptors (Lipinski definition) is 7. The molecule has 9 heteroatoms. The Morgan fingerprint density at radius 1 is 1.32 bits per heavy atom. The lowest BCUT2D eigenvalue weighted by Gasteiger charge is -2.31. The van der Waals surface area contributed by atoms with Gasteiger partial charge in [-0.2, -0.15) is 5.10 Å². The Bertz CT molecular complexity index is 1120. The van der Waals surface area contributed by atoms with Crippen LogP contribution in [0.3, 0.4) is 0 Å². The summed E-state index contributed by atoms with van der Waals surface area (Å²) in [4.78, 5) is 19.7. The fourth-order valence-electron chi connectivity index (χ4n) is 4.28. The van der Waals surface area contributed by atoms with Gasteiger partial charge in [-0.05, 0) is 19.1 Å². The predicted octanol–water partition coefficient (Wildman–Crippen LogP) is 2.16. The number of hydrogen-bond donors (Lipinski definition) is 1. The number of methoxy groups -OCH3 is 1. The quantitative estimate of drug-likeness (QED) is 0.673. The summed E-state index contributed by atoms with van der Waals surface area (Å²) in [6.45, 7) is 5.30. The minimum absolute atomic E-state index is 0.248. The molecule has 162 valence electrons. The summed E-state index contributed by atoms with van der Waals surface area (Å²) < 4.78 is 18.7. The van der Waals surface area contributed by atoms with Crippen molar-refractivity contribution in [3.8, 4) is 5.75 Å². The molecule has 1 unspecified atom stereocenters. The molecule has 0 bridgehead atoms. The molecule has 2 aliphatic heterocycles. The largest absolute Gasteiger partial charge is 0.484 e. The first-order chi connectivity index (χ1) is 15.1. The van der Waals surface area contributed by atoms with Gasteiger partial charge in [-0.25, -0.2) is 9.50 Å². The van der Waals surface area contributed by atoms with E-state index in [1.165, 1.54) is 6.20 Å². The van der Waals surface area contributed by atoms with Gasteiger partial charge in [0, 0.05) is 50.6 Å². The molecular formula is C22H25N5O4. The van der Waals surface area contributed by atoms with E-state index in [1.807, 2.05) is 19.1 Å². The molecule has 1 amide bonds. The highest BCUT2D eigenvalue weighted by Gasteiger charge is 2.36. The number of benzene rings is 1. The van der Waals surface area contributed by atoms with Crippen molar-refractivity contribution < 1.29 is 19.0 Å². The molecule has 1 saturated heterocycles. The molecule has 5 rings (SSSR count). The van der Waals surface area contributed by atoms with E-state index in [-0.39, 0.29) is 5.91 Å². The molecule has 1 aromatic carbocycles. The highest BCUT2D eigenvalue weighted by molar-refractivity contribution is 6.09. The monoisotopic (exact) mass is 423 g/mol. The van der Waals surface area contributed by atoms with Gasteiger partial charge in [-0.3, -0.25) is 4.79 Å². The number of carbonyl (C=O) groups is 1. The van der Waals surface area contributed by atoms with Crippen molar-refractivity contribution >= 4 is 22.9 Å². The van der Waals surface area contributed by atoms with E-state index in [0.717, 1.165) is 35.8 Å². The van der Waals surface area contributed by atoms with Gasteiger partial charge in [-0.15, -0.1) is 0 Å². The predicted molar refractivity (Wildman–Crippen MR) is 115 cm³/mol. The van der Waals surface area contributed by atoms with Crippen molar-refractivity contribution in [2.24, 2.45) is 0 Å². The molecule has 9 nitrogen and oxygen atoms in total. The second kappa shape index (κ2) is 7.82. The third-order valence-electron chi connectivity index (χ3n) is 5.67. The van der Waals surface area contributed by atoms with Gasteiger partial charge < -0.3 is 24.4 Å². The van der Waals surface area contributed by atoms with E-state index in [4.69, 9.17) is 14.2 Å². The van der Waals surface area contributed by atoms with E-state index in [1.54, 1.807) is 30.1 Å². The third-order valence-corrected chi connectivity index (χ3v) is 5.67. The van der Waals surface area contributed by atoms with Crippen molar-refractivity contribution in [1.82, 2.24) is 14.6 Å².